The lowest BCUT2D eigenvalue weighted by Crippen LogP contribution is -2.61. The average Bonchev–Trinajstić information content (AvgIpc) is 2.51. The Balaban J connectivity index is 1.91. The second-order valence-corrected chi connectivity index (χ2v) is 7.45. The Morgan fingerprint density at radius 3 is 2.83 bits per heavy atom. The molecule has 1 fully saturated rings. The van der Waals surface area contributed by atoms with E-state index in [-0.39, 0.29) is 5.91 Å². The van der Waals surface area contributed by atoms with Crippen molar-refractivity contribution in [2.45, 2.75) is 32.4 Å². The monoisotopic (exact) mass is 335 g/mol. The van der Waals surface area contributed by atoms with Crippen LogP contribution in [0.15, 0.2) is 24.5 Å². The third-order valence-electron chi connectivity index (χ3n) is 4.96. The zero-order chi connectivity index (χ0) is 17.8. The summed E-state index contributed by atoms with van der Waals surface area (Å²) in [4.78, 5) is 20.5. The minimum atomic E-state index is -0.889. The van der Waals surface area contributed by atoms with Gasteiger partial charge in [0, 0.05) is 44.6 Å². The number of carbonyl (C=O) groups excluding carboxylic acids is 1. The van der Waals surface area contributed by atoms with Crippen LogP contribution in [0.25, 0.3) is 0 Å². The molecule has 6 heteroatoms. The number of nitrogens with zero attached hydrogens (tertiary/aromatic N) is 3. The van der Waals surface area contributed by atoms with E-state index in [1.54, 1.807) is 13.3 Å². The third kappa shape index (κ3) is 4.32. The van der Waals surface area contributed by atoms with Gasteiger partial charge in [0.15, 0.2) is 0 Å². The van der Waals surface area contributed by atoms with E-state index in [1.807, 2.05) is 49.0 Å². The van der Waals surface area contributed by atoms with Gasteiger partial charge in [0.05, 0.1) is 18.8 Å². The van der Waals surface area contributed by atoms with Crippen LogP contribution in [0.4, 0.5) is 0 Å². The number of amides is 1. The van der Waals surface area contributed by atoms with E-state index >= 15 is 0 Å². The van der Waals surface area contributed by atoms with Crippen molar-refractivity contribution >= 4 is 5.91 Å². The number of rotatable bonds is 6. The minimum absolute atomic E-state index is 0.0916. The lowest BCUT2D eigenvalue weighted by atomic mass is 9.70. The van der Waals surface area contributed by atoms with Gasteiger partial charge < -0.3 is 14.7 Å². The first-order chi connectivity index (χ1) is 11.3. The number of hydrogen-bond donors (Lipinski definition) is 1. The van der Waals surface area contributed by atoms with Crippen LogP contribution in [0.3, 0.4) is 0 Å². The van der Waals surface area contributed by atoms with E-state index in [4.69, 9.17) is 4.74 Å². The highest BCUT2D eigenvalue weighted by molar-refractivity contribution is 5.78. The van der Waals surface area contributed by atoms with Crippen LogP contribution in [0.2, 0.25) is 0 Å². The Kier molecular flexibility index (Phi) is 5.96. The summed E-state index contributed by atoms with van der Waals surface area (Å²) in [6.45, 7) is 6.41. The van der Waals surface area contributed by atoms with Crippen LogP contribution < -0.4 is 0 Å². The molecular formula is C18H29N3O3. The van der Waals surface area contributed by atoms with Crippen LogP contribution in [0, 0.1) is 5.41 Å². The van der Waals surface area contributed by atoms with Crippen LogP contribution in [-0.2, 0) is 16.1 Å². The summed E-state index contributed by atoms with van der Waals surface area (Å²) in [5.41, 5.74) is -0.208. The van der Waals surface area contributed by atoms with Gasteiger partial charge in [0.25, 0.3) is 0 Å². The Labute approximate surface area is 144 Å². The van der Waals surface area contributed by atoms with Gasteiger partial charge in [0.1, 0.15) is 0 Å². The van der Waals surface area contributed by atoms with Crippen LogP contribution in [0.5, 0.6) is 0 Å². The van der Waals surface area contributed by atoms with Crippen molar-refractivity contribution < 1.29 is 14.6 Å². The lowest BCUT2D eigenvalue weighted by molar-refractivity contribution is -0.164. The molecule has 0 aliphatic carbocycles. The average molecular weight is 335 g/mol. The normalized spacial score (nSPS) is 23.5. The fraction of sp³-hybridized carbons (Fsp3) is 0.667. The number of aliphatic hydroxyl groups is 1. The van der Waals surface area contributed by atoms with Gasteiger partial charge in [-0.05, 0) is 25.1 Å². The van der Waals surface area contributed by atoms with Crippen molar-refractivity contribution in [2.24, 2.45) is 5.41 Å². The Morgan fingerprint density at radius 1 is 1.50 bits per heavy atom. The highest BCUT2D eigenvalue weighted by Crippen LogP contribution is 2.38. The lowest BCUT2D eigenvalue weighted by Gasteiger charge is -2.50. The molecule has 6 nitrogen and oxygen atoms in total. The summed E-state index contributed by atoms with van der Waals surface area (Å²) in [6, 6.07) is 3.90. The number of methoxy groups -OCH3 is 1. The molecule has 1 saturated heterocycles. The van der Waals surface area contributed by atoms with Crippen molar-refractivity contribution in [3.63, 3.8) is 0 Å². The summed E-state index contributed by atoms with van der Waals surface area (Å²) >= 11 is 0. The summed E-state index contributed by atoms with van der Waals surface area (Å²) in [7, 11) is 3.53. The van der Waals surface area contributed by atoms with Crippen molar-refractivity contribution in [1.82, 2.24) is 14.8 Å². The first kappa shape index (κ1) is 18.8. The van der Waals surface area contributed by atoms with E-state index in [0.717, 1.165) is 5.56 Å². The maximum atomic E-state index is 12.6. The van der Waals surface area contributed by atoms with Gasteiger partial charge in [-0.25, -0.2) is 0 Å². The summed E-state index contributed by atoms with van der Waals surface area (Å²) in [6.07, 6.45) is 4.09. The van der Waals surface area contributed by atoms with E-state index in [9.17, 15) is 9.90 Å². The van der Waals surface area contributed by atoms with E-state index < -0.39 is 11.0 Å². The molecule has 2 heterocycles. The predicted octanol–water partition coefficient (Wildman–Crippen LogP) is 1.15. The first-order valence-corrected chi connectivity index (χ1v) is 8.34. The minimum Gasteiger partial charge on any atom is -0.387 e. The van der Waals surface area contributed by atoms with Gasteiger partial charge in [-0.2, -0.15) is 0 Å². The molecule has 1 atom stereocenters. The quantitative estimate of drug-likeness (QED) is 0.845. The molecule has 134 valence electrons. The number of pyridine rings is 1. The fourth-order valence-corrected chi connectivity index (χ4v) is 3.27. The SMILES string of the molecule is COCC1(O)CCN(C(=O)CN(C)Cc2cccnc2)CC1(C)C. The Morgan fingerprint density at radius 2 is 2.25 bits per heavy atom. The molecule has 1 aromatic heterocycles. The molecule has 24 heavy (non-hydrogen) atoms. The van der Waals surface area contributed by atoms with Crippen molar-refractivity contribution in [3.8, 4) is 0 Å². The number of carbonyl (C=O) groups is 1. The first-order valence-electron chi connectivity index (χ1n) is 8.34. The molecule has 2 rings (SSSR count). The Hall–Kier alpha value is -1.50. The molecule has 0 saturated carbocycles. The maximum Gasteiger partial charge on any atom is 0.236 e. The van der Waals surface area contributed by atoms with Gasteiger partial charge >= 0.3 is 0 Å². The zero-order valence-electron chi connectivity index (χ0n) is 15.2. The molecular weight excluding hydrogens is 306 g/mol. The molecule has 1 aromatic rings. The number of ether oxygens (including phenoxy) is 1. The number of likely N-dealkylation sites (tertiary alicyclic amines) is 1. The van der Waals surface area contributed by atoms with Crippen LogP contribution in [-0.4, -0.2) is 71.8 Å². The molecule has 0 spiro atoms. The molecule has 1 amide bonds. The highest BCUT2D eigenvalue weighted by Gasteiger charge is 2.48. The van der Waals surface area contributed by atoms with Crippen LogP contribution >= 0.6 is 0 Å². The fourth-order valence-electron chi connectivity index (χ4n) is 3.27. The molecule has 0 bridgehead atoms. The topological polar surface area (TPSA) is 65.9 Å². The van der Waals surface area contributed by atoms with Crippen molar-refractivity contribution in [3.05, 3.63) is 30.1 Å². The number of aromatic nitrogens is 1. The maximum absolute atomic E-state index is 12.6. The van der Waals surface area contributed by atoms with E-state index in [1.165, 1.54) is 0 Å². The second-order valence-electron chi connectivity index (χ2n) is 7.45. The van der Waals surface area contributed by atoms with E-state index in [0.29, 0.717) is 39.2 Å². The third-order valence-corrected chi connectivity index (χ3v) is 4.96. The standard InChI is InChI=1S/C18H29N3O3/c1-17(2)13-21(9-7-18(17,23)14-24-4)16(22)12-20(3)11-15-6-5-8-19-10-15/h5-6,8,10,23H,7,9,11-14H2,1-4H3. The molecule has 1 unspecified atom stereocenters. The van der Waals surface area contributed by atoms with Crippen molar-refractivity contribution in [2.75, 3.05) is 40.4 Å². The van der Waals surface area contributed by atoms with Gasteiger partial charge in [-0.1, -0.05) is 19.9 Å². The predicted molar refractivity (Wildman–Crippen MR) is 92.4 cm³/mol. The smallest absolute Gasteiger partial charge is 0.236 e. The molecule has 0 aromatic carbocycles. The van der Waals surface area contributed by atoms with Crippen molar-refractivity contribution in [1.29, 1.82) is 0 Å². The van der Waals surface area contributed by atoms with Gasteiger partial charge in [-0.15, -0.1) is 0 Å². The molecule has 1 N–H and O–H groups in total. The molecule has 1 aliphatic heterocycles. The summed E-state index contributed by atoms with van der Waals surface area (Å²) in [5, 5.41) is 10.8. The summed E-state index contributed by atoms with van der Waals surface area (Å²) in [5.74, 6) is 0.0916. The number of hydrogen-bond acceptors (Lipinski definition) is 5. The van der Waals surface area contributed by atoms with Gasteiger partial charge in [0.2, 0.25) is 5.91 Å². The summed E-state index contributed by atoms with van der Waals surface area (Å²) < 4.78 is 5.18. The number of piperidine rings is 1. The van der Waals surface area contributed by atoms with E-state index in [2.05, 4.69) is 4.98 Å². The van der Waals surface area contributed by atoms with Crippen LogP contribution in [0.1, 0.15) is 25.8 Å². The highest BCUT2D eigenvalue weighted by atomic mass is 16.5. The molecule has 1 aliphatic rings. The Bertz CT molecular complexity index is 550. The number of likely N-dealkylation sites (N-methyl/N-ethyl adjacent to an activating group) is 1. The second kappa shape index (κ2) is 7.59. The van der Waals surface area contributed by atoms with Gasteiger partial charge in [-0.3, -0.25) is 14.7 Å². The zero-order valence-corrected chi connectivity index (χ0v) is 15.2. The largest absolute Gasteiger partial charge is 0.387 e. The molecule has 0 radical (unpaired) electrons.